The summed E-state index contributed by atoms with van der Waals surface area (Å²) in [4.78, 5) is 16.0. The SMILES string of the molecule is C1=Cc2cc3ccc(cc4ccc(cc5nc(cc1n2)C=C5)[nH]4)[nH]3.[CH2-]C.[CH2-]C.[CH2-]C.[CH2-]C.[CH2-]C.[CH2-]C.[CH2-]C.[CH2-]C.[Pd]. The zero-order chi connectivity index (χ0) is 31.9. The predicted molar refractivity (Wildman–Crippen MR) is 187 cm³/mol. The number of aromatic amines is 2. The summed E-state index contributed by atoms with van der Waals surface area (Å²) in [5.41, 5.74) is 7.86. The fourth-order valence-corrected chi connectivity index (χ4v) is 2.94. The van der Waals surface area contributed by atoms with E-state index >= 15 is 0 Å². The first-order valence-corrected chi connectivity index (χ1v) is 13.5. The molecule has 2 aliphatic heterocycles. The van der Waals surface area contributed by atoms with E-state index in [0.717, 1.165) is 44.8 Å². The van der Waals surface area contributed by atoms with Gasteiger partial charge >= 0.3 is 0 Å². The Balaban J connectivity index is -0.000000222. The van der Waals surface area contributed by atoms with E-state index in [0.29, 0.717) is 0 Å². The molecule has 0 saturated carbocycles. The Hall–Kier alpha value is -2.74. The van der Waals surface area contributed by atoms with Crippen molar-refractivity contribution < 1.29 is 20.4 Å². The van der Waals surface area contributed by atoms with Crippen molar-refractivity contribution >= 4 is 46.4 Å². The maximum atomic E-state index is 4.62. The van der Waals surface area contributed by atoms with Gasteiger partial charge in [0.1, 0.15) is 0 Å². The van der Waals surface area contributed by atoms with Crippen LogP contribution in [0.25, 0.3) is 46.4 Å². The molecule has 5 heterocycles. The van der Waals surface area contributed by atoms with Crippen LogP contribution >= 0.6 is 0 Å². The molecule has 3 aromatic heterocycles. The third-order valence-electron chi connectivity index (χ3n) is 4.04. The third kappa shape index (κ3) is 19.1. The second kappa shape index (κ2) is 35.3. The van der Waals surface area contributed by atoms with Gasteiger partial charge in [-0.3, -0.25) is 0 Å². The van der Waals surface area contributed by atoms with Gasteiger partial charge in [0.05, 0.1) is 22.8 Å². The van der Waals surface area contributed by atoms with Gasteiger partial charge in [0.15, 0.2) is 0 Å². The number of fused-ring (bicyclic) bond motifs is 8. The summed E-state index contributed by atoms with van der Waals surface area (Å²) in [5, 5.41) is 0. The van der Waals surface area contributed by atoms with E-state index in [1.54, 1.807) is 55.4 Å². The number of nitrogens with one attached hydrogen (secondary N) is 2. The number of hydrogen-bond acceptors (Lipinski definition) is 2. The normalized spacial score (nSPS) is 8.59. The maximum Gasteiger partial charge on any atom is 0.0659 e. The summed E-state index contributed by atoms with van der Waals surface area (Å²) < 4.78 is 0. The molecule has 0 aromatic carbocycles. The standard InChI is InChI=1S/C20H14N4.8C2H5.Pd/c1-2-14-10-16-5-6-18(23-16)12-20-8-7-19(24-20)11-17-4-3-15(22-17)9-13(1)21-14;8*1-2;/h1-12,21-22H;8*1H2,2H3;/q;8*-1;. The van der Waals surface area contributed by atoms with Crippen LogP contribution in [-0.2, 0) is 20.4 Å². The molecule has 0 unspecified atom stereocenters. The summed E-state index contributed by atoms with van der Waals surface area (Å²) in [7, 11) is 0. The maximum absolute atomic E-state index is 4.62. The fourth-order valence-electron chi connectivity index (χ4n) is 2.94. The molecule has 0 amide bonds. The van der Waals surface area contributed by atoms with Crippen molar-refractivity contribution in [2.75, 3.05) is 0 Å². The molecule has 0 saturated heterocycles. The molecule has 3 aromatic rings. The van der Waals surface area contributed by atoms with Crippen LogP contribution in [0.3, 0.4) is 0 Å². The van der Waals surface area contributed by atoms with Crippen molar-refractivity contribution in [1.29, 1.82) is 0 Å². The Morgan fingerprint density at radius 3 is 0.854 bits per heavy atom. The number of rotatable bonds is 0. The minimum absolute atomic E-state index is 0. The van der Waals surface area contributed by atoms with Gasteiger partial charge in [0.2, 0.25) is 0 Å². The van der Waals surface area contributed by atoms with Crippen LogP contribution in [-0.4, -0.2) is 19.9 Å². The van der Waals surface area contributed by atoms with Gasteiger partial charge in [-0.2, -0.15) is 55.4 Å². The molecule has 5 heteroatoms. The van der Waals surface area contributed by atoms with E-state index in [9.17, 15) is 0 Å². The van der Waals surface area contributed by atoms with Gasteiger partial charge in [-0.05, 0) is 72.8 Å². The van der Waals surface area contributed by atoms with Gasteiger partial charge in [0, 0.05) is 42.5 Å². The van der Waals surface area contributed by atoms with Crippen LogP contribution in [0.15, 0.2) is 48.5 Å². The van der Waals surface area contributed by atoms with Gasteiger partial charge in [-0.1, -0.05) is 0 Å². The molecule has 0 atom stereocenters. The molecule has 236 valence electrons. The Bertz CT molecular complexity index is 1080. The molecular weight excluding hydrogens is 595 g/mol. The van der Waals surface area contributed by atoms with E-state index in [1.165, 1.54) is 0 Å². The van der Waals surface area contributed by atoms with Crippen LogP contribution in [0.2, 0.25) is 0 Å². The molecule has 8 bridgehead atoms. The van der Waals surface area contributed by atoms with E-state index in [4.69, 9.17) is 0 Å². The summed E-state index contributed by atoms with van der Waals surface area (Å²) in [6.45, 7) is 40.0. The van der Waals surface area contributed by atoms with Crippen LogP contribution in [0.5, 0.6) is 0 Å². The molecule has 4 nitrogen and oxygen atoms in total. The average molecular weight is 649 g/mol. The molecule has 0 radical (unpaired) electrons. The summed E-state index contributed by atoms with van der Waals surface area (Å²) in [5.74, 6) is 0. The number of H-pyrrole nitrogens is 2. The van der Waals surface area contributed by atoms with Gasteiger partial charge < -0.3 is 65.4 Å². The van der Waals surface area contributed by atoms with Crippen LogP contribution in [0.1, 0.15) is 78.2 Å². The quantitative estimate of drug-likeness (QED) is 0.130. The van der Waals surface area contributed by atoms with E-state index in [-0.39, 0.29) is 20.4 Å². The van der Waals surface area contributed by atoms with Crippen molar-refractivity contribution in [3.05, 3.63) is 127 Å². The second-order valence-electron chi connectivity index (χ2n) is 5.91. The average Bonchev–Trinajstić information content (AvgIpc) is 3.88. The first-order valence-electron chi connectivity index (χ1n) is 13.5. The minimum atomic E-state index is 0. The van der Waals surface area contributed by atoms with Crippen LogP contribution in [0, 0.1) is 55.4 Å². The minimum Gasteiger partial charge on any atom is -0.355 e. The summed E-state index contributed by atoms with van der Waals surface area (Å²) in [6.07, 6.45) is 8.05. The molecule has 0 fully saturated rings. The zero-order valence-corrected chi connectivity index (χ0v) is 28.4. The van der Waals surface area contributed by atoms with Gasteiger partial charge in [0.25, 0.3) is 0 Å². The monoisotopic (exact) mass is 648 g/mol. The van der Waals surface area contributed by atoms with Crippen molar-refractivity contribution in [3.63, 3.8) is 0 Å². The molecule has 2 aliphatic rings. The van der Waals surface area contributed by atoms with Crippen molar-refractivity contribution in [1.82, 2.24) is 19.9 Å². The predicted octanol–water partition coefficient (Wildman–Crippen LogP) is 11.4. The number of aromatic nitrogens is 4. The van der Waals surface area contributed by atoms with Crippen molar-refractivity contribution in [3.8, 4) is 0 Å². The zero-order valence-electron chi connectivity index (χ0n) is 26.8. The molecule has 5 rings (SSSR count). The Kier molecular flexibility index (Phi) is 41.3. The first-order chi connectivity index (χ1) is 19.8. The van der Waals surface area contributed by atoms with Gasteiger partial charge in [-0.15, -0.1) is 0 Å². The van der Waals surface area contributed by atoms with Crippen molar-refractivity contribution in [2.45, 2.75) is 55.4 Å². The Labute approximate surface area is 267 Å². The largest absolute Gasteiger partial charge is 0.355 e. The molecule has 0 aliphatic carbocycles. The second-order valence-corrected chi connectivity index (χ2v) is 5.91. The molecule has 41 heavy (non-hydrogen) atoms. The number of nitrogens with zero attached hydrogens (tertiary/aromatic N) is 2. The molecule has 0 spiro atoms. The van der Waals surface area contributed by atoms with E-state index < -0.39 is 0 Å². The van der Waals surface area contributed by atoms with Crippen LogP contribution < -0.4 is 0 Å². The van der Waals surface area contributed by atoms with Crippen LogP contribution in [0.4, 0.5) is 0 Å². The topological polar surface area (TPSA) is 57.4 Å². The Morgan fingerprint density at radius 2 is 0.585 bits per heavy atom. The Morgan fingerprint density at radius 1 is 0.366 bits per heavy atom. The van der Waals surface area contributed by atoms with Crippen molar-refractivity contribution in [2.24, 2.45) is 0 Å². The number of hydrogen-bond donors (Lipinski definition) is 2. The molecule has 2 N–H and O–H groups in total. The van der Waals surface area contributed by atoms with Gasteiger partial charge in [-0.25, -0.2) is 9.97 Å². The van der Waals surface area contributed by atoms with E-state index in [2.05, 4.69) is 106 Å². The first kappa shape index (κ1) is 48.0. The third-order valence-corrected chi connectivity index (χ3v) is 4.04. The molecular formula is C36H54N4Pd-8. The van der Waals surface area contributed by atoms with E-state index in [1.807, 2.05) is 42.5 Å². The fraction of sp³-hybridized carbons (Fsp3) is 0.222. The smallest absolute Gasteiger partial charge is 0.0659 e. The summed E-state index contributed by atoms with van der Waals surface area (Å²) >= 11 is 0. The summed E-state index contributed by atoms with van der Waals surface area (Å²) in [6, 6.07) is 16.4.